The Balaban J connectivity index is 2.32. The molecule has 0 saturated carbocycles. The highest BCUT2D eigenvalue weighted by Crippen LogP contribution is 2.32. The van der Waals surface area contributed by atoms with Gasteiger partial charge in [-0.2, -0.15) is 0 Å². The third-order valence-corrected chi connectivity index (χ3v) is 3.70. The predicted octanol–water partition coefficient (Wildman–Crippen LogP) is 3.35. The Morgan fingerprint density at radius 1 is 1.17 bits per heavy atom. The van der Waals surface area contributed by atoms with Crippen LogP contribution in [-0.4, -0.2) is 28.3 Å². The van der Waals surface area contributed by atoms with Crippen molar-refractivity contribution in [2.24, 2.45) is 0 Å². The van der Waals surface area contributed by atoms with Crippen molar-refractivity contribution in [3.8, 4) is 17.0 Å². The summed E-state index contributed by atoms with van der Waals surface area (Å²) in [5.74, 6) is -0.443. The van der Waals surface area contributed by atoms with Crippen molar-refractivity contribution in [1.82, 2.24) is 15.3 Å². The minimum Gasteiger partial charge on any atom is -0.493 e. The van der Waals surface area contributed by atoms with E-state index in [-0.39, 0.29) is 11.7 Å². The van der Waals surface area contributed by atoms with Gasteiger partial charge < -0.3 is 15.8 Å². The molecule has 5 nitrogen and oxygen atoms in total. The summed E-state index contributed by atoms with van der Waals surface area (Å²) in [4.78, 5) is 8.08. The zero-order valence-electron chi connectivity index (χ0n) is 12.9. The first kappa shape index (κ1) is 15.6. The van der Waals surface area contributed by atoms with E-state index in [1.54, 1.807) is 31.3 Å². The Kier molecular flexibility index (Phi) is 4.20. The van der Waals surface area contributed by atoms with E-state index < -0.39 is 0 Å². The standard InChI is InChI=1S/C18H15FN4O/c1-21-16(6-7-20)14-8-12(11-2-4-13(19)5-3-11)9-15-17(14)22-10-23-18(15)24/h2-10,20-21H,1H3,(H,22,23,24)/b16-6-,20-7?. The molecule has 6 heteroatoms. The van der Waals surface area contributed by atoms with Gasteiger partial charge in [0.05, 0.1) is 10.9 Å². The molecule has 0 amide bonds. The molecule has 0 aliphatic rings. The maximum atomic E-state index is 13.2. The Morgan fingerprint density at radius 3 is 2.58 bits per heavy atom. The number of hydrogen-bond donors (Lipinski definition) is 3. The second-order valence-corrected chi connectivity index (χ2v) is 5.12. The summed E-state index contributed by atoms with van der Waals surface area (Å²) < 4.78 is 13.2. The highest BCUT2D eigenvalue weighted by molar-refractivity contribution is 5.98. The number of rotatable bonds is 4. The summed E-state index contributed by atoms with van der Waals surface area (Å²) in [6.07, 6.45) is 4.06. The number of fused-ring (bicyclic) bond motifs is 1. The van der Waals surface area contributed by atoms with Crippen molar-refractivity contribution in [3.05, 3.63) is 60.2 Å². The number of halogens is 1. The van der Waals surface area contributed by atoms with Crippen LogP contribution in [0.4, 0.5) is 4.39 Å². The van der Waals surface area contributed by atoms with Gasteiger partial charge in [0, 0.05) is 24.5 Å². The van der Waals surface area contributed by atoms with Crippen molar-refractivity contribution in [3.63, 3.8) is 0 Å². The number of allylic oxidation sites excluding steroid dienone is 1. The molecule has 0 unspecified atom stereocenters. The van der Waals surface area contributed by atoms with E-state index in [2.05, 4.69) is 15.3 Å². The number of aromatic nitrogens is 2. The quantitative estimate of drug-likeness (QED) is 0.643. The zero-order chi connectivity index (χ0) is 17.1. The van der Waals surface area contributed by atoms with E-state index in [4.69, 9.17) is 5.41 Å². The maximum absolute atomic E-state index is 13.2. The maximum Gasteiger partial charge on any atom is 0.221 e. The monoisotopic (exact) mass is 322 g/mol. The fraction of sp³-hybridized carbons (Fsp3) is 0.0556. The van der Waals surface area contributed by atoms with Gasteiger partial charge in [-0.1, -0.05) is 12.1 Å². The number of hydrogen-bond acceptors (Lipinski definition) is 5. The third kappa shape index (κ3) is 2.81. The van der Waals surface area contributed by atoms with Crippen LogP contribution in [0.15, 0.2) is 48.8 Å². The SMILES string of the molecule is CN/C(=C\C=N)c1cc(-c2ccc(F)cc2)cc2c(O)ncnc12. The molecule has 2 aromatic carbocycles. The summed E-state index contributed by atoms with van der Waals surface area (Å²) in [5, 5.41) is 20.9. The summed E-state index contributed by atoms with van der Waals surface area (Å²) in [7, 11) is 1.74. The summed E-state index contributed by atoms with van der Waals surface area (Å²) in [6.45, 7) is 0. The van der Waals surface area contributed by atoms with Crippen LogP contribution in [0.25, 0.3) is 27.7 Å². The van der Waals surface area contributed by atoms with Gasteiger partial charge in [-0.05, 0) is 41.5 Å². The molecule has 1 heterocycles. The van der Waals surface area contributed by atoms with E-state index in [0.717, 1.165) is 16.7 Å². The molecule has 0 fully saturated rings. The van der Waals surface area contributed by atoms with Crippen LogP contribution in [0.1, 0.15) is 5.56 Å². The lowest BCUT2D eigenvalue weighted by atomic mass is 9.98. The summed E-state index contributed by atoms with van der Waals surface area (Å²) >= 11 is 0. The first-order valence-electron chi connectivity index (χ1n) is 7.26. The van der Waals surface area contributed by atoms with Crippen LogP contribution in [0, 0.1) is 11.2 Å². The summed E-state index contributed by atoms with van der Waals surface area (Å²) in [6, 6.07) is 9.74. The number of aromatic hydroxyl groups is 1. The molecule has 24 heavy (non-hydrogen) atoms. The van der Waals surface area contributed by atoms with E-state index in [1.807, 2.05) is 6.07 Å². The Labute approximate surface area is 138 Å². The molecule has 0 spiro atoms. The molecule has 120 valence electrons. The Hall–Kier alpha value is -3.28. The van der Waals surface area contributed by atoms with E-state index in [1.165, 1.54) is 24.7 Å². The molecule has 3 N–H and O–H groups in total. The smallest absolute Gasteiger partial charge is 0.221 e. The van der Waals surface area contributed by atoms with Gasteiger partial charge in [-0.25, -0.2) is 14.4 Å². The van der Waals surface area contributed by atoms with Crippen LogP contribution in [-0.2, 0) is 0 Å². The number of nitrogens with one attached hydrogen (secondary N) is 2. The number of nitrogens with zero attached hydrogens (tertiary/aromatic N) is 2. The molecule has 1 aromatic heterocycles. The molecule has 3 rings (SSSR count). The molecular formula is C18H15FN4O. The molecule has 0 bridgehead atoms. The zero-order valence-corrected chi connectivity index (χ0v) is 12.9. The Morgan fingerprint density at radius 2 is 1.92 bits per heavy atom. The fourth-order valence-electron chi connectivity index (χ4n) is 2.56. The van der Waals surface area contributed by atoms with Crippen LogP contribution in [0.5, 0.6) is 5.88 Å². The lowest BCUT2D eigenvalue weighted by molar-refractivity contribution is 0.459. The topological polar surface area (TPSA) is 81.9 Å². The second kappa shape index (κ2) is 6.45. The lowest BCUT2D eigenvalue weighted by Crippen LogP contribution is -2.06. The van der Waals surface area contributed by atoms with Gasteiger partial charge >= 0.3 is 0 Å². The van der Waals surface area contributed by atoms with Crippen LogP contribution >= 0.6 is 0 Å². The van der Waals surface area contributed by atoms with Gasteiger partial charge in [0.25, 0.3) is 0 Å². The average molecular weight is 322 g/mol. The average Bonchev–Trinajstić information content (AvgIpc) is 2.60. The van der Waals surface area contributed by atoms with Gasteiger partial charge in [0.1, 0.15) is 12.1 Å². The lowest BCUT2D eigenvalue weighted by Gasteiger charge is -2.13. The van der Waals surface area contributed by atoms with Crippen molar-refractivity contribution < 1.29 is 9.50 Å². The van der Waals surface area contributed by atoms with Crippen LogP contribution in [0.2, 0.25) is 0 Å². The molecule has 0 aliphatic heterocycles. The second-order valence-electron chi connectivity index (χ2n) is 5.12. The largest absolute Gasteiger partial charge is 0.493 e. The van der Waals surface area contributed by atoms with Gasteiger partial charge in [0.15, 0.2) is 0 Å². The van der Waals surface area contributed by atoms with Crippen molar-refractivity contribution in [2.75, 3.05) is 7.05 Å². The van der Waals surface area contributed by atoms with E-state index in [9.17, 15) is 9.50 Å². The van der Waals surface area contributed by atoms with E-state index in [0.29, 0.717) is 16.6 Å². The highest BCUT2D eigenvalue weighted by atomic mass is 19.1. The minimum atomic E-state index is -0.314. The molecule has 0 aliphatic carbocycles. The first-order chi connectivity index (χ1) is 11.6. The van der Waals surface area contributed by atoms with Crippen molar-refractivity contribution in [1.29, 1.82) is 5.41 Å². The van der Waals surface area contributed by atoms with Gasteiger partial charge in [-0.3, -0.25) is 0 Å². The van der Waals surface area contributed by atoms with Gasteiger partial charge in [0.2, 0.25) is 5.88 Å². The molecule has 0 atom stereocenters. The fourth-order valence-corrected chi connectivity index (χ4v) is 2.56. The molecular weight excluding hydrogens is 307 g/mol. The Bertz CT molecular complexity index is 936. The van der Waals surface area contributed by atoms with Gasteiger partial charge in [-0.15, -0.1) is 0 Å². The third-order valence-electron chi connectivity index (χ3n) is 3.70. The van der Waals surface area contributed by atoms with Crippen LogP contribution < -0.4 is 5.32 Å². The molecule has 0 saturated heterocycles. The van der Waals surface area contributed by atoms with Crippen molar-refractivity contribution in [2.45, 2.75) is 0 Å². The molecule has 3 aromatic rings. The predicted molar refractivity (Wildman–Crippen MR) is 92.4 cm³/mol. The highest BCUT2D eigenvalue weighted by Gasteiger charge is 2.13. The normalized spacial score (nSPS) is 11.5. The summed E-state index contributed by atoms with van der Waals surface area (Å²) in [5.41, 5.74) is 3.55. The minimum absolute atomic E-state index is 0.129. The molecule has 0 radical (unpaired) electrons. The van der Waals surface area contributed by atoms with Crippen LogP contribution in [0.3, 0.4) is 0 Å². The van der Waals surface area contributed by atoms with Crippen molar-refractivity contribution >= 4 is 22.8 Å². The van der Waals surface area contributed by atoms with E-state index >= 15 is 0 Å². The first-order valence-corrected chi connectivity index (χ1v) is 7.26. The number of benzene rings is 2.